The summed E-state index contributed by atoms with van der Waals surface area (Å²) in [5, 5.41) is 1.16. The van der Waals surface area contributed by atoms with Gasteiger partial charge < -0.3 is 4.90 Å². The number of hydrogen-bond donors (Lipinski definition) is 0. The smallest absolute Gasteiger partial charge is 0.186 e. The van der Waals surface area contributed by atoms with E-state index in [0.29, 0.717) is 0 Å². The predicted molar refractivity (Wildman–Crippen MR) is 55.8 cm³/mol. The maximum Gasteiger partial charge on any atom is 0.186 e. The molecule has 2 heterocycles. The highest BCUT2D eigenvalue weighted by molar-refractivity contribution is 9.11. The summed E-state index contributed by atoms with van der Waals surface area (Å²) in [7, 11) is 0. The highest BCUT2D eigenvalue weighted by atomic mass is 79.9. The van der Waals surface area contributed by atoms with E-state index in [4.69, 9.17) is 0 Å². The zero-order valence-electron chi connectivity index (χ0n) is 6.96. The predicted octanol–water partition coefficient (Wildman–Crippen LogP) is 2.75. The average Bonchev–Trinajstić information content (AvgIpc) is 2.34. The molecule has 0 aromatic carbocycles. The minimum absolute atomic E-state index is 0.896. The highest BCUT2D eigenvalue weighted by Crippen LogP contribution is 2.32. The van der Waals surface area contributed by atoms with Crippen molar-refractivity contribution in [2.45, 2.75) is 13.3 Å². The lowest BCUT2D eigenvalue weighted by Crippen LogP contribution is -2.46. The van der Waals surface area contributed by atoms with Gasteiger partial charge in [0.15, 0.2) is 5.13 Å². The first-order valence-electron chi connectivity index (χ1n) is 4.16. The van der Waals surface area contributed by atoms with Gasteiger partial charge in [0.05, 0.1) is 9.98 Å². The summed E-state index contributed by atoms with van der Waals surface area (Å²) in [5.74, 6) is 0.896. The third-order valence-corrected chi connectivity index (χ3v) is 3.81. The van der Waals surface area contributed by atoms with E-state index in [-0.39, 0.29) is 0 Å². The topological polar surface area (TPSA) is 16.1 Å². The molecule has 12 heavy (non-hydrogen) atoms. The van der Waals surface area contributed by atoms with Crippen LogP contribution in [-0.2, 0) is 0 Å². The van der Waals surface area contributed by atoms with Gasteiger partial charge in [-0.3, -0.25) is 0 Å². The van der Waals surface area contributed by atoms with Crippen molar-refractivity contribution >= 4 is 32.4 Å². The fourth-order valence-electron chi connectivity index (χ4n) is 1.38. The van der Waals surface area contributed by atoms with Crippen LogP contribution in [0, 0.1) is 5.92 Å². The van der Waals surface area contributed by atoms with E-state index in [1.807, 2.05) is 6.20 Å². The molecule has 1 aromatic heterocycles. The first-order chi connectivity index (χ1) is 5.79. The van der Waals surface area contributed by atoms with Crippen LogP contribution in [0.15, 0.2) is 9.98 Å². The second-order valence-electron chi connectivity index (χ2n) is 3.13. The molecule has 1 fully saturated rings. The Morgan fingerprint density at radius 1 is 1.75 bits per heavy atom. The maximum absolute atomic E-state index is 4.30. The monoisotopic (exact) mass is 246 g/mol. The number of halogens is 1. The van der Waals surface area contributed by atoms with Crippen LogP contribution in [0.2, 0.25) is 0 Å². The molecule has 0 unspecified atom stereocenters. The van der Waals surface area contributed by atoms with Crippen molar-refractivity contribution in [1.82, 2.24) is 4.98 Å². The molecule has 0 spiro atoms. The van der Waals surface area contributed by atoms with Crippen molar-refractivity contribution in [3.8, 4) is 0 Å². The summed E-state index contributed by atoms with van der Waals surface area (Å²) >= 11 is 5.13. The van der Waals surface area contributed by atoms with Crippen LogP contribution in [-0.4, -0.2) is 18.1 Å². The molecule has 0 saturated carbocycles. The molecule has 0 N–H and O–H groups in total. The summed E-state index contributed by atoms with van der Waals surface area (Å²) < 4.78 is 1.12. The SMILES string of the molecule is CCC1CN(c2ncc(Br)s2)C1. The summed E-state index contributed by atoms with van der Waals surface area (Å²) in [5.41, 5.74) is 0. The normalized spacial score (nSPS) is 18.0. The van der Waals surface area contributed by atoms with Gasteiger partial charge in [0.2, 0.25) is 0 Å². The molecule has 4 heteroatoms. The number of rotatable bonds is 2. The van der Waals surface area contributed by atoms with Crippen molar-refractivity contribution in [3.05, 3.63) is 9.98 Å². The third kappa shape index (κ3) is 1.50. The summed E-state index contributed by atoms with van der Waals surface area (Å²) in [4.78, 5) is 6.64. The van der Waals surface area contributed by atoms with Crippen molar-refractivity contribution in [2.75, 3.05) is 18.0 Å². The number of anilines is 1. The summed E-state index contributed by atoms with van der Waals surface area (Å²) in [6, 6.07) is 0. The first-order valence-corrected chi connectivity index (χ1v) is 5.77. The molecular formula is C8H11BrN2S. The fourth-order valence-corrected chi connectivity index (χ4v) is 2.58. The molecule has 0 aliphatic carbocycles. The first kappa shape index (κ1) is 8.51. The van der Waals surface area contributed by atoms with Crippen LogP contribution in [0.4, 0.5) is 5.13 Å². The number of nitrogens with zero attached hydrogens (tertiary/aromatic N) is 2. The molecule has 0 bridgehead atoms. The molecule has 1 aromatic rings. The van der Waals surface area contributed by atoms with Crippen molar-refractivity contribution < 1.29 is 0 Å². The fraction of sp³-hybridized carbons (Fsp3) is 0.625. The summed E-state index contributed by atoms with van der Waals surface area (Å²) in [6.07, 6.45) is 3.17. The molecule has 0 atom stereocenters. The average molecular weight is 247 g/mol. The Morgan fingerprint density at radius 2 is 2.50 bits per heavy atom. The Bertz CT molecular complexity index is 268. The zero-order chi connectivity index (χ0) is 8.55. The number of hydrogen-bond acceptors (Lipinski definition) is 3. The quantitative estimate of drug-likeness (QED) is 0.798. The van der Waals surface area contributed by atoms with Gasteiger partial charge in [-0.1, -0.05) is 18.3 Å². The standard InChI is InChI=1S/C8H11BrN2S/c1-2-6-4-11(5-6)8-10-3-7(9)12-8/h3,6H,2,4-5H2,1H3. The van der Waals surface area contributed by atoms with Crippen LogP contribution >= 0.6 is 27.3 Å². The van der Waals surface area contributed by atoms with Gasteiger partial charge in [-0.05, 0) is 28.3 Å². The zero-order valence-corrected chi connectivity index (χ0v) is 9.36. The van der Waals surface area contributed by atoms with E-state index in [2.05, 4.69) is 32.7 Å². The van der Waals surface area contributed by atoms with Gasteiger partial charge in [-0.2, -0.15) is 0 Å². The molecule has 66 valence electrons. The van der Waals surface area contributed by atoms with Crippen LogP contribution in [0.5, 0.6) is 0 Å². The molecule has 2 nitrogen and oxygen atoms in total. The lowest BCUT2D eigenvalue weighted by molar-refractivity contribution is 0.398. The Kier molecular flexibility index (Phi) is 2.37. The lowest BCUT2D eigenvalue weighted by atomic mass is 9.98. The van der Waals surface area contributed by atoms with E-state index in [1.165, 1.54) is 19.5 Å². The molecular weight excluding hydrogens is 236 g/mol. The molecule has 1 aliphatic rings. The third-order valence-electron chi connectivity index (χ3n) is 2.27. The van der Waals surface area contributed by atoms with Gasteiger partial charge in [0, 0.05) is 13.1 Å². The van der Waals surface area contributed by atoms with Crippen molar-refractivity contribution in [2.24, 2.45) is 5.92 Å². The van der Waals surface area contributed by atoms with E-state index in [0.717, 1.165) is 14.8 Å². The van der Waals surface area contributed by atoms with Gasteiger partial charge in [-0.15, -0.1) is 0 Å². The Hall–Kier alpha value is -0.0900. The van der Waals surface area contributed by atoms with Gasteiger partial charge in [0.1, 0.15) is 0 Å². The summed E-state index contributed by atoms with van der Waals surface area (Å²) in [6.45, 7) is 4.63. The minimum Gasteiger partial charge on any atom is -0.347 e. The number of thiazole rings is 1. The Labute approximate surface area is 84.7 Å². The lowest BCUT2D eigenvalue weighted by Gasteiger charge is -2.38. The molecule has 2 rings (SSSR count). The second-order valence-corrected chi connectivity index (χ2v) is 5.51. The van der Waals surface area contributed by atoms with Crippen LogP contribution in [0.1, 0.15) is 13.3 Å². The van der Waals surface area contributed by atoms with Crippen molar-refractivity contribution in [3.63, 3.8) is 0 Å². The Morgan fingerprint density at radius 3 is 3.00 bits per heavy atom. The molecule has 0 amide bonds. The number of aromatic nitrogens is 1. The largest absolute Gasteiger partial charge is 0.347 e. The van der Waals surface area contributed by atoms with Gasteiger partial charge in [-0.25, -0.2) is 4.98 Å². The second kappa shape index (κ2) is 3.34. The highest BCUT2D eigenvalue weighted by Gasteiger charge is 2.26. The Balaban J connectivity index is 1.96. The minimum atomic E-state index is 0.896. The maximum atomic E-state index is 4.30. The molecule has 1 aliphatic heterocycles. The van der Waals surface area contributed by atoms with Gasteiger partial charge >= 0.3 is 0 Å². The van der Waals surface area contributed by atoms with E-state index < -0.39 is 0 Å². The van der Waals surface area contributed by atoms with E-state index in [1.54, 1.807) is 11.3 Å². The van der Waals surface area contributed by atoms with Crippen LogP contribution in [0.3, 0.4) is 0 Å². The van der Waals surface area contributed by atoms with Gasteiger partial charge in [0.25, 0.3) is 0 Å². The molecule has 1 saturated heterocycles. The van der Waals surface area contributed by atoms with E-state index >= 15 is 0 Å². The molecule has 0 radical (unpaired) electrons. The van der Waals surface area contributed by atoms with E-state index in [9.17, 15) is 0 Å². The van der Waals surface area contributed by atoms with Crippen LogP contribution < -0.4 is 4.90 Å². The van der Waals surface area contributed by atoms with Crippen LogP contribution in [0.25, 0.3) is 0 Å². The van der Waals surface area contributed by atoms with Crippen molar-refractivity contribution in [1.29, 1.82) is 0 Å².